The van der Waals surface area contributed by atoms with Crippen molar-refractivity contribution in [2.24, 2.45) is 0 Å². The van der Waals surface area contributed by atoms with Gasteiger partial charge in [0.05, 0.1) is 5.41 Å². The highest BCUT2D eigenvalue weighted by molar-refractivity contribution is 5.92. The van der Waals surface area contributed by atoms with Crippen LogP contribution >= 0.6 is 0 Å². The molecule has 1 aliphatic heterocycles. The van der Waals surface area contributed by atoms with E-state index in [1.54, 1.807) is 12.1 Å². The number of hydrogen-bond acceptors (Lipinski definition) is 3. The third-order valence-electron chi connectivity index (χ3n) is 5.19. The second-order valence-corrected chi connectivity index (χ2v) is 7.10. The largest absolute Gasteiger partial charge is 0.507 e. The monoisotopic (exact) mass is 320 g/mol. The minimum atomic E-state index is -0.302. The highest BCUT2D eigenvalue weighted by Gasteiger charge is 2.47. The first-order valence-electron chi connectivity index (χ1n) is 8.22. The molecule has 0 spiro atoms. The first kappa shape index (κ1) is 15.0. The number of aryl methyl sites for hydroxylation is 2. The van der Waals surface area contributed by atoms with Crippen LogP contribution < -0.4 is 4.74 Å². The molecule has 0 bridgehead atoms. The van der Waals surface area contributed by atoms with E-state index in [1.807, 2.05) is 38.1 Å². The Labute approximate surface area is 141 Å². The van der Waals surface area contributed by atoms with Crippen molar-refractivity contribution in [1.29, 1.82) is 0 Å². The van der Waals surface area contributed by atoms with E-state index in [0.717, 1.165) is 33.6 Å². The van der Waals surface area contributed by atoms with Gasteiger partial charge in [-0.2, -0.15) is 0 Å². The third kappa shape index (κ3) is 2.08. The standard InChI is InChI=1S/C21H20O3/c1-12-4-5-18(23)15(8-12)16-9-13(2)10-17-20(16)24-19-11-14(22)6-7-21(17,19)3/h4-10,19,23H,11H2,1-3H3. The van der Waals surface area contributed by atoms with Crippen molar-refractivity contribution in [3.05, 3.63) is 59.2 Å². The van der Waals surface area contributed by atoms with E-state index in [4.69, 9.17) is 4.74 Å². The highest BCUT2D eigenvalue weighted by Crippen LogP contribution is 2.52. The van der Waals surface area contributed by atoms with Crippen LogP contribution in [-0.2, 0) is 10.2 Å². The van der Waals surface area contributed by atoms with Gasteiger partial charge in [-0.15, -0.1) is 0 Å². The molecular weight excluding hydrogens is 300 g/mol. The summed E-state index contributed by atoms with van der Waals surface area (Å²) in [5.41, 5.74) is 4.64. The molecule has 2 atom stereocenters. The van der Waals surface area contributed by atoms with Gasteiger partial charge in [0.15, 0.2) is 5.78 Å². The van der Waals surface area contributed by atoms with Crippen LogP contribution in [0.5, 0.6) is 11.5 Å². The van der Waals surface area contributed by atoms with Crippen LogP contribution in [-0.4, -0.2) is 17.0 Å². The Morgan fingerprint density at radius 3 is 2.67 bits per heavy atom. The molecule has 3 nitrogen and oxygen atoms in total. The molecule has 0 saturated carbocycles. The topological polar surface area (TPSA) is 46.5 Å². The molecule has 3 heteroatoms. The second kappa shape index (κ2) is 4.97. The number of allylic oxidation sites excluding steroid dienone is 1. The van der Waals surface area contributed by atoms with Crippen molar-refractivity contribution < 1.29 is 14.6 Å². The summed E-state index contributed by atoms with van der Waals surface area (Å²) in [7, 11) is 0. The van der Waals surface area contributed by atoms with E-state index in [-0.39, 0.29) is 23.1 Å². The van der Waals surface area contributed by atoms with E-state index < -0.39 is 0 Å². The molecule has 2 aromatic carbocycles. The lowest BCUT2D eigenvalue weighted by Gasteiger charge is -2.29. The van der Waals surface area contributed by atoms with Gasteiger partial charge in [0.1, 0.15) is 17.6 Å². The fourth-order valence-corrected chi connectivity index (χ4v) is 3.77. The molecule has 2 aromatic rings. The summed E-state index contributed by atoms with van der Waals surface area (Å²) in [6, 6.07) is 9.75. The Morgan fingerprint density at radius 2 is 1.88 bits per heavy atom. The molecule has 1 N–H and O–H groups in total. The lowest BCUT2D eigenvalue weighted by atomic mass is 9.73. The molecule has 0 amide bonds. The molecule has 0 aromatic heterocycles. The number of phenolic OH excluding ortho intramolecular Hbond substituents is 1. The van der Waals surface area contributed by atoms with Gasteiger partial charge in [-0.3, -0.25) is 4.79 Å². The molecular formula is C21H20O3. The summed E-state index contributed by atoms with van der Waals surface area (Å²) in [5.74, 6) is 1.12. The van der Waals surface area contributed by atoms with Gasteiger partial charge in [-0.25, -0.2) is 0 Å². The number of phenols is 1. The quantitative estimate of drug-likeness (QED) is 0.855. The minimum Gasteiger partial charge on any atom is -0.507 e. The zero-order valence-corrected chi connectivity index (χ0v) is 14.1. The van der Waals surface area contributed by atoms with E-state index in [1.165, 1.54) is 0 Å². The first-order chi connectivity index (χ1) is 11.4. The maximum atomic E-state index is 11.8. The van der Waals surface area contributed by atoms with Gasteiger partial charge < -0.3 is 9.84 Å². The number of carbonyl (C=O) groups excluding carboxylic acids is 1. The summed E-state index contributed by atoms with van der Waals surface area (Å²) in [6.07, 6.45) is 3.84. The van der Waals surface area contributed by atoms with Crippen LogP contribution in [0.2, 0.25) is 0 Å². The average Bonchev–Trinajstić information content (AvgIpc) is 2.82. The molecule has 0 radical (unpaired) electrons. The lowest BCUT2D eigenvalue weighted by Crippen LogP contribution is -2.38. The van der Waals surface area contributed by atoms with E-state index in [0.29, 0.717) is 6.42 Å². The normalized spacial score (nSPS) is 24.5. The molecule has 4 rings (SSSR count). The summed E-state index contributed by atoms with van der Waals surface area (Å²) < 4.78 is 6.24. The van der Waals surface area contributed by atoms with Crippen molar-refractivity contribution >= 4 is 5.78 Å². The van der Waals surface area contributed by atoms with Crippen LogP contribution in [0.1, 0.15) is 30.0 Å². The molecule has 24 heavy (non-hydrogen) atoms. The van der Waals surface area contributed by atoms with E-state index in [9.17, 15) is 9.90 Å². The Balaban J connectivity index is 1.96. The van der Waals surface area contributed by atoms with Crippen molar-refractivity contribution in [1.82, 2.24) is 0 Å². The fraction of sp³-hybridized carbons (Fsp3) is 0.286. The highest BCUT2D eigenvalue weighted by atomic mass is 16.5. The van der Waals surface area contributed by atoms with Crippen LogP contribution in [0.25, 0.3) is 11.1 Å². The number of carbonyl (C=O) groups is 1. The van der Waals surface area contributed by atoms with Gasteiger partial charge in [0.2, 0.25) is 0 Å². The van der Waals surface area contributed by atoms with E-state index in [2.05, 4.69) is 13.0 Å². The molecule has 2 aliphatic rings. The van der Waals surface area contributed by atoms with Gasteiger partial charge >= 0.3 is 0 Å². The number of hydrogen-bond donors (Lipinski definition) is 1. The van der Waals surface area contributed by atoms with Crippen molar-refractivity contribution in [2.75, 3.05) is 0 Å². The molecule has 122 valence electrons. The van der Waals surface area contributed by atoms with Crippen LogP contribution in [0.15, 0.2) is 42.5 Å². The zero-order chi connectivity index (χ0) is 17.1. The third-order valence-corrected chi connectivity index (χ3v) is 5.19. The summed E-state index contributed by atoms with van der Waals surface area (Å²) in [5, 5.41) is 10.4. The SMILES string of the molecule is Cc1ccc(O)c(-c2cc(C)cc3c2OC2CC(=O)C=CC32C)c1. The summed E-state index contributed by atoms with van der Waals surface area (Å²) in [4.78, 5) is 11.8. The maximum Gasteiger partial charge on any atom is 0.159 e. The predicted octanol–water partition coefficient (Wildman–Crippen LogP) is 4.22. The zero-order valence-electron chi connectivity index (χ0n) is 14.1. The number of benzene rings is 2. The smallest absolute Gasteiger partial charge is 0.159 e. The van der Waals surface area contributed by atoms with Gasteiger partial charge in [-0.1, -0.05) is 23.8 Å². The Morgan fingerprint density at radius 1 is 1.12 bits per heavy atom. The minimum absolute atomic E-state index is 0.0990. The predicted molar refractivity (Wildman–Crippen MR) is 93.5 cm³/mol. The number of ether oxygens (including phenoxy) is 1. The van der Waals surface area contributed by atoms with E-state index >= 15 is 0 Å². The number of ketones is 1. The van der Waals surface area contributed by atoms with Crippen LogP contribution in [0.4, 0.5) is 0 Å². The Bertz CT molecular complexity index is 894. The Kier molecular flexibility index (Phi) is 3.11. The van der Waals surface area contributed by atoms with Gasteiger partial charge in [0, 0.05) is 23.1 Å². The second-order valence-electron chi connectivity index (χ2n) is 7.10. The molecule has 1 heterocycles. The van der Waals surface area contributed by atoms with Gasteiger partial charge in [0.25, 0.3) is 0 Å². The number of rotatable bonds is 1. The molecule has 2 unspecified atom stereocenters. The maximum absolute atomic E-state index is 11.8. The van der Waals surface area contributed by atoms with Crippen molar-refractivity contribution in [3.63, 3.8) is 0 Å². The Hall–Kier alpha value is -2.55. The summed E-state index contributed by atoms with van der Waals surface area (Å²) in [6.45, 7) is 6.17. The van der Waals surface area contributed by atoms with Crippen LogP contribution in [0, 0.1) is 13.8 Å². The average molecular weight is 320 g/mol. The molecule has 0 fully saturated rings. The fourth-order valence-electron chi connectivity index (χ4n) is 3.77. The van der Waals surface area contributed by atoms with Crippen LogP contribution in [0.3, 0.4) is 0 Å². The number of fused-ring (bicyclic) bond motifs is 3. The lowest BCUT2D eigenvalue weighted by molar-refractivity contribution is -0.117. The van der Waals surface area contributed by atoms with Crippen molar-refractivity contribution in [2.45, 2.75) is 38.7 Å². The number of aromatic hydroxyl groups is 1. The van der Waals surface area contributed by atoms with Crippen molar-refractivity contribution in [3.8, 4) is 22.6 Å². The molecule has 0 saturated heterocycles. The summed E-state index contributed by atoms with van der Waals surface area (Å²) >= 11 is 0. The molecule has 1 aliphatic carbocycles. The first-order valence-corrected chi connectivity index (χ1v) is 8.22. The van der Waals surface area contributed by atoms with Gasteiger partial charge in [-0.05, 0) is 50.6 Å².